The molecule has 0 bridgehead atoms. The summed E-state index contributed by atoms with van der Waals surface area (Å²) in [5.41, 5.74) is 1.15. The van der Waals surface area contributed by atoms with Gasteiger partial charge in [0.2, 0.25) is 5.91 Å². The summed E-state index contributed by atoms with van der Waals surface area (Å²) in [6.07, 6.45) is 3.36. The number of carboxylic acid groups (broad SMARTS) is 1. The van der Waals surface area contributed by atoms with Crippen LogP contribution in [-0.2, 0) is 14.3 Å². The first-order valence-corrected chi connectivity index (χ1v) is 9.33. The zero-order valence-electron chi connectivity index (χ0n) is 15.4. The summed E-state index contributed by atoms with van der Waals surface area (Å²) >= 11 is 0. The second-order valence-corrected chi connectivity index (χ2v) is 6.82. The maximum absolute atomic E-state index is 12.0. The lowest BCUT2D eigenvalue weighted by molar-refractivity contribution is -0.145. The third-order valence-electron chi connectivity index (χ3n) is 4.73. The number of unbranched alkanes of at least 4 members (excludes halogenated alkanes) is 1. The number of carbonyl (C=O) groups excluding carboxylic acids is 1. The van der Waals surface area contributed by atoms with Crippen molar-refractivity contribution in [2.45, 2.75) is 39.0 Å². The van der Waals surface area contributed by atoms with Crippen LogP contribution in [-0.4, -0.2) is 43.3 Å². The van der Waals surface area contributed by atoms with Crippen molar-refractivity contribution in [1.29, 1.82) is 0 Å². The summed E-state index contributed by atoms with van der Waals surface area (Å²) in [5, 5.41) is 12.2. The number of carbonyl (C=O) groups is 2. The lowest BCUT2D eigenvalue weighted by Crippen LogP contribution is -2.38. The first kappa shape index (κ1) is 20.2. The largest absolute Gasteiger partial charge is 0.494 e. The Morgan fingerprint density at radius 1 is 1.31 bits per heavy atom. The Morgan fingerprint density at radius 2 is 2.08 bits per heavy atom. The molecule has 6 nitrogen and oxygen atoms in total. The Kier molecular flexibility index (Phi) is 8.41. The molecule has 2 N–H and O–H groups in total. The zero-order chi connectivity index (χ0) is 18.8. The molecule has 1 aliphatic rings. The first-order valence-electron chi connectivity index (χ1n) is 9.33. The van der Waals surface area contributed by atoms with Gasteiger partial charge in [0.25, 0.3) is 0 Å². The van der Waals surface area contributed by atoms with Crippen molar-refractivity contribution in [2.24, 2.45) is 11.8 Å². The Bertz CT molecular complexity index is 583. The molecule has 26 heavy (non-hydrogen) atoms. The van der Waals surface area contributed by atoms with Crippen molar-refractivity contribution in [3.8, 4) is 5.75 Å². The van der Waals surface area contributed by atoms with Gasteiger partial charge < -0.3 is 19.9 Å². The molecular formula is C20H29NO5. The van der Waals surface area contributed by atoms with Gasteiger partial charge in [-0.1, -0.05) is 12.1 Å². The number of benzene rings is 1. The van der Waals surface area contributed by atoms with Crippen molar-refractivity contribution in [3.63, 3.8) is 0 Å². The number of amides is 1. The Hall–Kier alpha value is -2.08. The molecule has 1 heterocycles. The molecule has 0 radical (unpaired) electrons. The molecule has 1 atom stereocenters. The first-order chi connectivity index (χ1) is 12.6. The molecule has 144 valence electrons. The van der Waals surface area contributed by atoms with Crippen LogP contribution in [0, 0.1) is 18.8 Å². The third-order valence-corrected chi connectivity index (χ3v) is 4.73. The standard InChI is InChI=1S/C20H29NO5/c1-15-5-4-6-17(13-15)26-10-3-2-7-19(22)21-14-18(20(23)24)16-8-11-25-12-9-16/h4-6,13,16,18H,2-3,7-12,14H2,1H3,(H,21,22)(H,23,24). The van der Waals surface area contributed by atoms with E-state index in [1.54, 1.807) is 0 Å². The molecule has 0 saturated carbocycles. The van der Waals surface area contributed by atoms with Crippen molar-refractivity contribution in [2.75, 3.05) is 26.4 Å². The molecule has 6 heteroatoms. The van der Waals surface area contributed by atoms with Gasteiger partial charge in [-0.3, -0.25) is 9.59 Å². The van der Waals surface area contributed by atoms with Gasteiger partial charge in [0.1, 0.15) is 5.75 Å². The summed E-state index contributed by atoms with van der Waals surface area (Å²) < 4.78 is 10.9. The fourth-order valence-corrected chi connectivity index (χ4v) is 3.17. The van der Waals surface area contributed by atoms with Gasteiger partial charge in [-0.25, -0.2) is 0 Å². The molecule has 0 aromatic heterocycles. The Labute approximate surface area is 154 Å². The average molecular weight is 363 g/mol. The lowest BCUT2D eigenvalue weighted by Gasteiger charge is -2.27. The highest BCUT2D eigenvalue weighted by atomic mass is 16.5. The van der Waals surface area contributed by atoms with Crippen LogP contribution in [0.3, 0.4) is 0 Å². The van der Waals surface area contributed by atoms with Crippen LogP contribution < -0.4 is 10.1 Å². The number of hydrogen-bond donors (Lipinski definition) is 2. The SMILES string of the molecule is Cc1cccc(OCCCCC(=O)NCC(C(=O)O)C2CCOCC2)c1. The predicted molar refractivity (Wildman–Crippen MR) is 98.2 cm³/mol. The summed E-state index contributed by atoms with van der Waals surface area (Å²) in [5.74, 6) is -0.561. The number of aryl methyl sites for hydroxylation is 1. The molecule has 1 aromatic rings. The van der Waals surface area contributed by atoms with Gasteiger partial charge in [-0.15, -0.1) is 0 Å². The van der Waals surface area contributed by atoms with Crippen LogP contribution in [0.1, 0.15) is 37.7 Å². The Balaban J connectivity index is 1.61. The molecule has 2 rings (SSSR count). The highest BCUT2D eigenvalue weighted by molar-refractivity contribution is 5.77. The average Bonchev–Trinajstić information content (AvgIpc) is 2.62. The number of nitrogens with one attached hydrogen (secondary N) is 1. The molecule has 1 saturated heterocycles. The second-order valence-electron chi connectivity index (χ2n) is 6.82. The van der Waals surface area contributed by atoms with E-state index in [1.165, 1.54) is 0 Å². The van der Waals surface area contributed by atoms with Crippen molar-refractivity contribution < 1.29 is 24.2 Å². The summed E-state index contributed by atoms with van der Waals surface area (Å²) in [4.78, 5) is 23.4. The van der Waals surface area contributed by atoms with E-state index in [0.717, 1.165) is 30.6 Å². The van der Waals surface area contributed by atoms with Crippen LogP contribution in [0.5, 0.6) is 5.75 Å². The number of carboxylic acids is 1. The summed E-state index contributed by atoms with van der Waals surface area (Å²) in [7, 11) is 0. The van der Waals surface area contributed by atoms with Gasteiger partial charge in [-0.05, 0) is 56.2 Å². The van der Waals surface area contributed by atoms with Gasteiger partial charge in [0.15, 0.2) is 0 Å². The minimum Gasteiger partial charge on any atom is -0.494 e. The quantitative estimate of drug-likeness (QED) is 0.625. The number of ether oxygens (including phenoxy) is 2. The van der Waals surface area contributed by atoms with E-state index in [0.29, 0.717) is 32.7 Å². The van der Waals surface area contributed by atoms with Crippen LogP contribution in [0.25, 0.3) is 0 Å². The molecule has 1 fully saturated rings. The van der Waals surface area contributed by atoms with Gasteiger partial charge in [0.05, 0.1) is 12.5 Å². The Morgan fingerprint density at radius 3 is 2.77 bits per heavy atom. The van der Waals surface area contributed by atoms with E-state index in [1.807, 2.05) is 31.2 Å². The second kappa shape index (κ2) is 10.8. The van der Waals surface area contributed by atoms with E-state index in [-0.39, 0.29) is 18.4 Å². The van der Waals surface area contributed by atoms with E-state index < -0.39 is 11.9 Å². The van der Waals surface area contributed by atoms with Crippen molar-refractivity contribution >= 4 is 11.9 Å². The molecule has 0 aliphatic carbocycles. The van der Waals surface area contributed by atoms with Gasteiger partial charge in [0, 0.05) is 26.2 Å². The van der Waals surface area contributed by atoms with E-state index in [9.17, 15) is 14.7 Å². The lowest BCUT2D eigenvalue weighted by atomic mass is 9.86. The molecule has 1 aliphatic heterocycles. The molecule has 1 aromatic carbocycles. The van der Waals surface area contributed by atoms with E-state index >= 15 is 0 Å². The third kappa shape index (κ3) is 7.04. The summed E-state index contributed by atoms with van der Waals surface area (Å²) in [6, 6.07) is 7.87. The monoisotopic (exact) mass is 363 g/mol. The highest BCUT2D eigenvalue weighted by Crippen LogP contribution is 2.23. The van der Waals surface area contributed by atoms with Crippen LogP contribution in [0.2, 0.25) is 0 Å². The number of hydrogen-bond acceptors (Lipinski definition) is 4. The van der Waals surface area contributed by atoms with Crippen LogP contribution in [0.4, 0.5) is 0 Å². The topological polar surface area (TPSA) is 84.9 Å². The van der Waals surface area contributed by atoms with Crippen LogP contribution in [0.15, 0.2) is 24.3 Å². The van der Waals surface area contributed by atoms with Crippen molar-refractivity contribution in [1.82, 2.24) is 5.32 Å². The number of rotatable bonds is 10. The minimum atomic E-state index is -0.844. The smallest absolute Gasteiger partial charge is 0.308 e. The fraction of sp³-hybridized carbons (Fsp3) is 0.600. The molecule has 1 amide bonds. The van der Waals surface area contributed by atoms with Gasteiger partial charge >= 0.3 is 5.97 Å². The summed E-state index contributed by atoms with van der Waals surface area (Å²) in [6.45, 7) is 3.98. The van der Waals surface area contributed by atoms with E-state index in [2.05, 4.69) is 5.32 Å². The fourth-order valence-electron chi connectivity index (χ4n) is 3.17. The van der Waals surface area contributed by atoms with Crippen molar-refractivity contribution in [3.05, 3.63) is 29.8 Å². The normalized spacial score (nSPS) is 16.0. The maximum atomic E-state index is 12.0. The van der Waals surface area contributed by atoms with Crippen LogP contribution >= 0.6 is 0 Å². The zero-order valence-corrected chi connectivity index (χ0v) is 15.4. The number of aliphatic carboxylic acids is 1. The van der Waals surface area contributed by atoms with E-state index in [4.69, 9.17) is 9.47 Å². The predicted octanol–water partition coefficient (Wildman–Crippen LogP) is 2.79. The molecule has 0 spiro atoms. The maximum Gasteiger partial charge on any atom is 0.308 e. The van der Waals surface area contributed by atoms with Gasteiger partial charge in [-0.2, -0.15) is 0 Å². The molecule has 1 unspecified atom stereocenters. The molecular weight excluding hydrogens is 334 g/mol. The minimum absolute atomic E-state index is 0.0734. The highest BCUT2D eigenvalue weighted by Gasteiger charge is 2.29.